The van der Waals surface area contributed by atoms with E-state index in [4.69, 9.17) is 0 Å². The van der Waals surface area contributed by atoms with Crippen LogP contribution in [0.2, 0.25) is 0 Å². The highest BCUT2D eigenvalue weighted by Gasteiger charge is 2.14. The number of hydrogen-bond donors (Lipinski definition) is 1. The maximum absolute atomic E-state index is 4.37. The molecule has 0 spiro atoms. The van der Waals surface area contributed by atoms with Crippen LogP contribution in [0.25, 0.3) is 5.65 Å². The summed E-state index contributed by atoms with van der Waals surface area (Å²) in [6.45, 7) is 7.84. The maximum Gasteiger partial charge on any atom is 0.155 e. The molecule has 1 N–H and O–H groups in total. The summed E-state index contributed by atoms with van der Waals surface area (Å²) in [7, 11) is 0. The van der Waals surface area contributed by atoms with Gasteiger partial charge >= 0.3 is 0 Å². The lowest BCUT2D eigenvalue weighted by atomic mass is 9.99. The quantitative estimate of drug-likeness (QED) is 0.839. The molecule has 2 aromatic rings. The highest BCUT2D eigenvalue weighted by Crippen LogP contribution is 2.15. The standard InChI is InChI=1S/C15H22BrN5/c1-12-2-5-20(6-3-12)7-4-17-8-13-9-19-15-10-18-14(16)11-21(13)15/h9-12,17H,2-8H2,1H3. The van der Waals surface area contributed by atoms with Gasteiger partial charge in [0.1, 0.15) is 4.60 Å². The van der Waals surface area contributed by atoms with Crippen LogP contribution in [0.4, 0.5) is 0 Å². The van der Waals surface area contributed by atoms with Gasteiger partial charge in [0.15, 0.2) is 5.65 Å². The van der Waals surface area contributed by atoms with Crippen LogP contribution in [0.5, 0.6) is 0 Å². The van der Waals surface area contributed by atoms with E-state index in [-0.39, 0.29) is 0 Å². The zero-order valence-corrected chi connectivity index (χ0v) is 14.0. The normalized spacial score (nSPS) is 17.6. The van der Waals surface area contributed by atoms with E-state index in [1.165, 1.54) is 31.6 Å². The van der Waals surface area contributed by atoms with E-state index in [9.17, 15) is 0 Å². The van der Waals surface area contributed by atoms with Crippen LogP contribution in [0.3, 0.4) is 0 Å². The number of nitrogens with zero attached hydrogens (tertiary/aromatic N) is 4. The van der Waals surface area contributed by atoms with Crippen molar-refractivity contribution in [1.82, 2.24) is 24.6 Å². The van der Waals surface area contributed by atoms with Gasteiger partial charge in [-0.15, -0.1) is 0 Å². The fourth-order valence-electron chi connectivity index (χ4n) is 2.79. The molecule has 0 unspecified atom stereocenters. The van der Waals surface area contributed by atoms with E-state index in [2.05, 4.69) is 47.4 Å². The summed E-state index contributed by atoms with van der Waals surface area (Å²) in [5.41, 5.74) is 2.06. The van der Waals surface area contributed by atoms with Crippen molar-refractivity contribution >= 4 is 21.6 Å². The van der Waals surface area contributed by atoms with Gasteiger partial charge in [-0.3, -0.25) is 4.40 Å². The predicted molar refractivity (Wildman–Crippen MR) is 87.2 cm³/mol. The molecule has 1 aliphatic heterocycles. The van der Waals surface area contributed by atoms with E-state index in [0.29, 0.717) is 0 Å². The summed E-state index contributed by atoms with van der Waals surface area (Å²) < 4.78 is 2.91. The molecule has 0 aromatic carbocycles. The van der Waals surface area contributed by atoms with Crippen LogP contribution in [0, 0.1) is 5.92 Å². The van der Waals surface area contributed by atoms with Crippen molar-refractivity contribution in [3.05, 3.63) is 28.9 Å². The summed E-state index contributed by atoms with van der Waals surface area (Å²) in [4.78, 5) is 11.1. The number of hydrogen-bond acceptors (Lipinski definition) is 4. The summed E-state index contributed by atoms with van der Waals surface area (Å²) in [5.74, 6) is 0.902. The van der Waals surface area contributed by atoms with E-state index in [1.807, 2.05) is 12.4 Å². The van der Waals surface area contributed by atoms with Gasteiger partial charge in [0, 0.05) is 25.8 Å². The smallest absolute Gasteiger partial charge is 0.155 e. The number of fused-ring (bicyclic) bond motifs is 1. The van der Waals surface area contributed by atoms with Gasteiger partial charge in [-0.2, -0.15) is 0 Å². The molecular weight excluding hydrogens is 330 g/mol. The first-order chi connectivity index (χ1) is 10.2. The van der Waals surface area contributed by atoms with Crippen molar-refractivity contribution in [3.63, 3.8) is 0 Å². The Hall–Kier alpha value is -0.980. The number of imidazole rings is 1. The summed E-state index contributed by atoms with van der Waals surface area (Å²) in [6.07, 6.45) is 8.34. The minimum Gasteiger partial charge on any atom is -0.310 e. The number of halogens is 1. The van der Waals surface area contributed by atoms with E-state index >= 15 is 0 Å². The van der Waals surface area contributed by atoms with Crippen molar-refractivity contribution in [2.45, 2.75) is 26.3 Å². The Labute approximate surface area is 133 Å². The second-order valence-electron chi connectivity index (χ2n) is 5.89. The zero-order valence-electron chi connectivity index (χ0n) is 12.4. The molecular formula is C15H22BrN5. The zero-order chi connectivity index (χ0) is 14.7. The third kappa shape index (κ3) is 3.81. The predicted octanol–water partition coefficient (Wildman–Crippen LogP) is 2.31. The fourth-order valence-corrected chi connectivity index (χ4v) is 3.09. The lowest BCUT2D eigenvalue weighted by Crippen LogP contribution is -2.37. The number of piperidine rings is 1. The monoisotopic (exact) mass is 351 g/mol. The number of likely N-dealkylation sites (tertiary alicyclic amines) is 1. The second-order valence-corrected chi connectivity index (χ2v) is 6.70. The molecule has 0 amide bonds. The third-order valence-electron chi connectivity index (χ3n) is 4.23. The summed E-state index contributed by atoms with van der Waals surface area (Å²) in [6, 6.07) is 0. The number of nitrogens with one attached hydrogen (secondary N) is 1. The Morgan fingerprint density at radius 2 is 2.10 bits per heavy atom. The minimum absolute atomic E-state index is 0.830. The molecule has 0 radical (unpaired) electrons. The Balaban J connectivity index is 1.47. The van der Waals surface area contributed by atoms with Crippen molar-refractivity contribution in [1.29, 1.82) is 0 Å². The van der Waals surface area contributed by atoms with Gasteiger partial charge in [-0.05, 0) is 47.8 Å². The molecule has 2 aromatic heterocycles. The molecule has 3 heterocycles. The van der Waals surface area contributed by atoms with Gasteiger partial charge < -0.3 is 10.2 Å². The molecule has 0 atom stereocenters. The van der Waals surface area contributed by atoms with Crippen LogP contribution in [-0.4, -0.2) is 45.4 Å². The first-order valence-corrected chi connectivity index (χ1v) is 8.42. The molecule has 0 bridgehead atoms. The molecule has 6 heteroatoms. The number of rotatable bonds is 5. The molecule has 1 aliphatic rings. The van der Waals surface area contributed by atoms with Crippen LogP contribution in [0.1, 0.15) is 25.5 Å². The molecule has 1 fully saturated rings. The van der Waals surface area contributed by atoms with Gasteiger partial charge in [0.05, 0.1) is 18.1 Å². The van der Waals surface area contributed by atoms with Crippen molar-refractivity contribution in [2.24, 2.45) is 5.92 Å². The van der Waals surface area contributed by atoms with Gasteiger partial charge in [0.25, 0.3) is 0 Å². The highest BCUT2D eigenvalue weighted by atomic mass is 79.9. The Kier molecular flexibility index (Phi) is 4.87. The Bertz CT molecular complexity index is 589. The molecule has 3 rings (SSSR count). The average Bonchev–Trinajstić information content (AvgIpc) is 2.88. The van der Waals surface area contributed by atoms with Gasteiger partial charge in [0.2, 0.25) is 0 Å². The number of aromatic nitrogens is 3. The fraction of sp³-hybridized carbons (Fsp3) is 0.600. The average molecular weight is 352 g/mol. The molecule has 1 saturated heterocycles. The molecule has 0 saturated carbocycles. The molecule has 5 nitrogen and oxygen atoms in total. The topological polar surface area (TPSA) is 45.5 Å². The SMILES string of the molecule is CC1CCN(CCNCc2cnc3cnc(Br)cn23)CC1. The van der Waals surface area contributed by atoms with Gasteiger partial charge in [-0.25, -0.2) is 9.97 Å². The Morgan fingerprint density at radius 1 is 1.29 bits per heavy atom. The van der Waals surface area contributed by atoms with Crippen LogP contribution in [-0.2, 0) is 6.54 Å². The maximum atomic E-state index is 4.37. The first-order valence-electron chi connectivity index (χ1n) is 7.63. The van der Waals surface area contributed by atoms with Crippen LogP contribution >= 0.6 is 15.9 Å². The van der Waals surface area contributed by atoms with E-state index in [1.54, 1.807) is 6.20 Å². The van der Waals surface area contributed by atoms with E-state index < -0.39 is 0 Å². The largest absolute Gasteiger partial charge is 0.310 e. The van der Waals surface area contributed by atoms with Gasteiger partial charge in [-0.1, -0.05) is 6.92 Å². The highest BCUT2D eigenvalue weighted by molar-refractivity contribution is 9.10. The van der Waals surface area contributed by atoms with E-state index in [0.717, 1.165) is 35.8 Å². The third-order valence-corrected chi connectivity index (χ3v) is 4.64. The molecule has 114 valence electrons. The van der Waals surface area contributed by atoms with Crippen molar-refractivity contribution in [2.75, 3.05) is 26.2 Å². The minimum atomic E-state index is 0.830. The molecule has 0 aliphatic carbocycles. The molecule has 21 heavy (non-hydrogen) atoms. The lowest BCUT2D eigenvalue weighted by Gasteiger charge is -2.30. The summed E-state index contributed by atoms with van der Waals surface area (Å²) in [5, 5.41) is 3.52. The summed E-state index contributed by atoms with van der Waals surface area (Å²) >= 11 is 3.40. The van der Waals surface area contributed by atoms with Crippen molar-refractivity contribution in [3.8, 4) is 0 Å². The lowest BCUT2D eigenvalue weighted by molar-refractivity contribution is 0.193. The Morgan fingerprint density at radius 3 is 2.90 bits per heavy atom. The first kappa shape index (κ1) is 14.9. The van der Waals surface area contributed by atoms with Crippen LogP contribution < -0.4 is 5.32 Å². The second kappa shape index (κ2) is 6.85. The van der Waals surface area contributed by atoms with Crippen molar-refractivity contribution < 1.29 is 0 Å². The van der Waals surface area contributed by atoms with Crippen LogP contribution in [0.15, 0.2) is 23.2 Å².